The summed E-state index contributed by atoms with van der Waals surface area (Å²) in [5, 5.41) is 2.73. The zero-order valence-electron chi connectivity index (χ0n) is 16.4. The van der Waals surface area contributed by atoms with Gasteiger partial charge in [-0.05, 0) is 48.5 Å². The highest BCUT2D eigenvalue weighted by Crippen LogP contribution is 2.37. The van der Waals surface area contributed by atoms with E-state index in [0.717, 1.165) is 16.7 Å². The van der Waals surface area contributed by atoms with E-state index in [1.807, 2.05) is 47.0 Å². The zero-order chi connectivity index (χ0) is 21.4. The third-order valence-electron chi connectivity index (χ3n) is 5.23. The molecular weight excluding hydrogens is 397 g/mol. The molecule has 3 heterocycles. The van der Waals surface area contributed by atoms with E-state index in [1.165, 1.54) is 24.3 Å². The number of pyridine rings is 1. The summed E-state index contributed by atoms with van der Waals surface area (Å²) in [5.74, 6) is -0.443. The average Bonchev–Trinajstić information content (AvgIpc) is 3.27. The Labute approximate surface area is 177 Å². The van der Waals surface area contributed by atoms with Crippen LogP contribution in [0.5, 0.6) is 0 Å². The fraction of sp³-hybridized carbons (Fsp3) is 0.130. The minimum absolute atomic E-state index is 0.0672. The maximum absolute atomic E-state index is 13.3. The Morgan fingerprint density at radius 3 is 2.58 bits per heavy atom. The lowest BCUT2D eigenvalue weighted by Gasteiger charge is -2.15. The van der Waals surface area contributed by atoms with Gasteiger partial charge in [-0.3, -0.25) is 24.0 Å². The number of fused-ring (bicyclic) bond motifs is 3. The molecule has 0 radical (unpaired) electrons. The topological polar surface area (TPSA) is 80.1 Å². The van der Waals surface area contributed by atoms with Gasteiger partial charge in [-0.1, -0.05) is 18.2 Å². The molecule has 2 aromatic heterocycles. The second-order valence-corrected chi connectivity index (χ2v) is 7.29. The molecule has 1 N–H and O–H groups in total. The number of hydrogen-bond donors (Lipinski definition) is 1. The van der Waals surface area contributed by atoms with E-state index >= 15 is 0 Å². The van der Waals surface area contributed by atoms with Gasteiger partial charge in [-0.2, -0.15) is 0 Å². The first-order valence-corrected chi connectivity index (χ1v) is 9.84. The number of amides is 2. The molecule has 4 aromatic rings. The molecule has 0 aliphatic carbocycles. The van der Waals surface area contributed by atoms with Crippen molar-refractivity contribution in [1.82, 2.24) is 14.5 Å². The molecule has 0 bridgehead atoms. The van der Waals surface area contributed by atoms with Crippen molar-refractivity contribution in [2.24, 2.45) is 0 Å². The van der Waals surface area contributed by atoms with Gasteiger partial charge in [0.1, 0.15) is 11.9 Å². The molecule has 0 saturated heterocycles. The van der Waals surface area contributed by atoms with Crippen molar-refractivity contribution >= 4 is 34.5 Å². The number of anilines is 2. The van der Waals surface area contributed by atoms with E-state index in [4.69, 9.17) is 0 Å². The predicted octanol–water partition coefficient (Wildman–Crippen LogP) is 3.69. The van der Waals surface area contributed by atoms with Crippen molar-refractivity contribution in [1.29, 1.82) is 0 Å². The highest BCUT2D eigenvalue weighted by molar-refractivity contribution is 6.05. The first-order chi connectivity index (χ1) is 15.1. The maximum atomic E-state index is 13.3. The Bertz CT molecular complexity index is 1270. The van der Waals surface area contributed by atoms with Crippen molar-refractivity contribution in [2.45, 2.75) is 19.0 Å². The molecule has 8 heteroatoms. The second-order valence-electron chi connectivity index (χ2n) is 7.29. The number of benzene rings is 2. The molecular formula is C23H18FN5O2. The van der Waals surface area contributed by atoms with Crippen LogP contribution in [0, 0.1) is 5.82 Å². The van der Waals surface area contributed by atoms with E-state index in [2.05, 4.69) is 15.3 Å². The number of para-hydroxylation sites is 2. The van der Waals surface area contributed by atoms with Crippen LogP contribution >= 0.6 is 0 Å². The third-order valence-corrected chi connectivity index (χ3v) is 5.23. The summed E-state index contributed by atoms with van der Waals surface area (Å²) in [6.07, 6.45) is 1.61. The van der Waals surface area contributed by atoms with Crippen LogP contribution in [0.1, 0.15) is 18.2 Å². The van der Waals surface area contributed by atoms with Crippen LogP contribution in [0.3, 0.4) is 0 Å². The zero-order valence-corrected chi connectivity index (χ0v) is 16.4. The highest BCUT2D eigenvalue weighted by atomic mass is 19.1. The number of carbonyl (C=O) groups excluding carboxylic acids is 2. The lowest BCUT2D eigenvalue weighted by Crippen LogP contribution is -2.31. The number of nitrogens with zero attached hydrogens (tertiary/aromatic N) is 4. The van der Waals surface area contributed by atoms with E-state index in [9.17, 15) is 14.0 Å². The number of halogens is 1. The van der Waals surface area contributed by atoms with Gasteiger partial charge in [-0.15, -0.1) is 0 Å². The molecule has 1 atom stereocenters. The molecule has 2 aromatic carbocycles. The van der Waals surface area contributed by atoms with Crippen molar-refractivity contribution < 1.29 is 14.0 Å². The Morgan fingerprint density at radius 2 is 1.81 bits per heavy atom. The maximum Gasteiger partial charge on any atom is 0.253 e. The lowest BCUT2D eigenvalue weighted by molar-refractivity contribution is -0.124. The summed E-state index contributed by atoms with van der Waals surface area (Å²) in [4.78, 5) is 36.5. The Kier molecular flexibility index (Phi) is 4.66. The van der Waals surface area contributed by atoms with Gasteiger partial charge in [0.15, 0.2) is 0 Å². The smallest absolute Gasteiger partial charge is 0.253 e. The molecule has 0 spiro atoms. The SMILES string of the molecule is O=C(CC1C(=O)N(Cc2ccccn2)c2nc3ccccc3n21)Nc1ccc(F)cc1. The van der Waals surface area contributed by atoms with Crippen LogP contribution in [0.25, 0.3) is 11.0 Å². The number of nitrogens with one attached hydrogen (secondary N) is 1. The molecule has 5 rings (SSSR count). The molecule has 0 fully saturated rings. The Balaban J connectivity index is 1.46. The van der Waals surface area contributed by atoms with E-state index in [-0.39, 0.29) is 30.6 Å². The summed E-state index contributed by atoms with van der Waals surface area (Å²) >= 11 is 0. The molecule has 0 saturated carbocycles. The predicted molar refractivity (Wildman–Crippen MR) is 114 cm³/mol. The molecule has 1 aliphatic heterocycles. The number of imidazole rings is 1. The van der Waals surface area contributed by atoms with Crippen molar-refractivity contribution in [2.75, 3.05) is 10.2 Å². The molecule has 154 valence electrons. The quantitative estimate of drug-likeness (QED) is 0.539. The monoisotopic (exact) mass is 415 g/mol. The number of carbonyl (C=O) groups is 2. The van der Waals surface area contributed by atoms with Gasteiger partial charge in [0.25, 0.3) is 5.91 Å². The van der Waals surface area contributed by atoms with Crippen LogP contribution < -0.4 is 10.2 Å². The first-order valence-electron chi connectivity index (χ1n) is 9.84. The number of rotatable bonds is 5. The average molecular weight is 415 g/mol. The lowest BCUT2D eigenvalue weighted by atomic mass is 10.1. The van der Waals surface area contributed by atoms with Gasteiger partial charge in [0, 0.05) is 11.9 Å². The Morgan fingerprint density at radius 1 is 1.03 bits per heavy atom. The molecule has 1 unspecified atom stereocenters. The Hall–Kier alpha value is -4.07. The van der Waals surface area contributed by atoms with Crippen LogP contribution in [0.2, 0.25) is 0 Å². The van der Waals surface area contributed by atoms with Gasteiger partial charge >= 0.3 is 0 Å². The van der Waals surface area contributed by atoms with E-state index < -0.39 is 6.04 Å². The molecule has 1 aliphatic rings. The fourth-order valence-corrected chi connectivity index (χ4v) is 3.82. The van der Waals surface area contributed by atoms with Gasteiger partial charge in [0.2, 0.25) is 11.9 Å². The van der Waals surface area contributed by atoms with Crippen LogP contribution in [0.4, 0.5) is 16.0 Å². The summed E-state index contributed by atoms with van der Waals surface area (Å²) in [7, 11) is 0. The minimum Gasteiger partial charge on any atom is -0.326 e. The molecule has 2 amide bonds. The molecule has 7 nitrogen and oxygen atoms in total. The summed E-state index contributed by atoms with van der Waals surface area (Å²) in [5.41, 5.74) is 2.73. The fourth-order valence-electron chi connectivity index (χ4n) is 3.82. The molecule has 31 heavy (non-hydrogen) atoms. The van der Waals surface area contributed by atoms with Crippen LogP contribution in [-0.2, 0) is 16.1 Å². The number of hydrogen-bond acceptors (Lipinski definition) is 4. The van der Waals surface area contributed by atoms with Gasteiger partial charge < -0.3 is 5.32 Å². The van der Waals surface area contributed by atoms with Crippen molar-refractivity contribution in [3.63, 3.8) is 0 Å². The standard InChI is InChI=1S/C23H18FN5O2/c24-15-8-10-16(11-9-15)26-21(30)13-20-22(31)28(14-17-5-3-4-12-25-17)23-27-18-6-1-2-7-19(18)29(20)23/h1-12,20H,13-14H2,(H,26,30). The summed E-state index contributed by atoms with van der Waals surface area (Å²) in [6.45, 7) is 0.263. The summed E-state index contributed by atoms with van der Waals surface area (Å²) in [6, 6.07) is 17.8. The summed E-state index contributed by atoms with van der Waals surface area (Å²) < 4.78 is 14.9. The third kappa shape index (κ3) is 3.52. The van der Waals surface area contributed by atoms with Crippen LogP contribution in [-0.4, -0.2) is 26.3 Å². The number of aromatic nitrogens is 3. The highest BCUT2D eigenvalue weighted by Gasteiger charge is 2.41. The minimum atomic E-state index is -0.730. The first kappa shape index (κ1) is 18.9. The second kappa shape index (κ2) is 7.64. The van der Waals surface area contributed by atoms with E-state index in [0.29, 0.717) is 11.6 Å². The van der Waals surface area contributed by atoms with Crippen molar-refractivity contribution in [3.05, 3.63) is 84.4 Å². The van der Waals surface area contributed by atoms with E-state index in [1.54, 1.807) is 11.1 Å². The largest absolute Gasteiger partial charge is 0.326 e. The van der Waals surface area contributed by atoms with Crippen LogP contribution in [0.15, 0.2) is 72.9 Å². The van der Waals surface area contributed by atoms with Gasteiger partial charge in [0.05, 0.1) is 29.7 Å². The van der Waals surface area contributed by atoms with Crippen molar-refractivity contribution in [3.8, 4) is 0 Å². The normalized spacial score (nSPS) is 15.3. The van der Waals surface area contributed by atoms with Gasteiger partial charge in [-0.25, -0.2) is 9.37 Å².